The van der Waals surface area contributed by atoms with Crippen LogP contribution in [0.5, 0.6) is 5.75 Å². The first kappa shape index (κ1) is 24.7. The topological polar surface area (TPSA) is 95.2 Å². The molecule has 6 nitrogen and oxygen atoms in total. The molecule has 6 heteroatoms. The van der Waals surface area contributed by atoms with Crippen LogP contribution in [0, 0.1) is 11.8 Å². The van der Waals surface area contributed by atoms with Gasteiger partial charge in [-0.1, -0.05) is 32.0 Å². The fourth-order valence-electron chi connectivity index (χ4n) is 8.92. The highest BCUT2D eigenvalue weighted by atomic mass is 16.3. The van der Waals surface area contributed by atoms with Crippen LogP contribution in [-0.2, 0) is 11.2 Å². The number of aromatic hydroxyl groups is 1. The molecule has 2 saturated carbocycles. The summed E-state index contributed by atoms with van der Waals surface area (Å²) in [6.07, 6.45) is 11.2. The van der Waals surface area contributed by atoms with Crippen molar-refractivity contribution in [3.8, 4) is 28.1 Å². The Balaban J connectivity index is 1.18. The molecule has 40 heavy (non-hydrogen) atoms. The third-order valence-electron chi connectivity index (χ3n) is 11.2. The molecular formula is C34H40N4O2. The molecule has 3 aromatic rings. The number of nitrogens with one attached hydrogen (secondary N) is 1. The van der Waals surface area contributed by atoms with Gasteiger partial charge in [0.1, 0.15) is 11.6 Å². The lowest BCUT2D eigenvalue weighted by molar-refractivity contribution is -0.134. The van der Waals surface area contributed by atoms with Gasteiger partial charge in [0.05, 0.1) is 24.0 Å². The summed E-state index contributed by atoms with van der Waals surface area (Å²) in [6, 6.07) is 8.28. The van der Waals surface area contributed by atoms with Crippen molar-refractivity contribution in [3.63, 3.8) is 0 Å². The van der Waals surface area contributed by atoms with E-state index in [0.29, 0.717) is 23.5 Å². The number of imidazole rings is 1. The van der Waals surface area contributed by atoms with Gasteiger partial charge in [0.25, 0.3) is 0 Å². The van der Waals surface area contributed by atoms with Gasteiger partial charge >= 0.3 is 0 Å². The molecule has 6 unspecified atom stereocenters. The summed E-state index contributed by atoms with van der Waals surface area (Å²) in [7, 11) is 0. The Morgan fingerprint density at radius 2 is 1.75 bits per heavy atom. The quantitative estimate of drug-likeness (QED) is 0.346. The monoisotopic (exact) mass is 536 g/mol. The molecule has 208 valence electrons. The fraction of sp³-hybridized carbons (Fsp3) is 0.529. The van der Waals surface area contributed by atoms with Gasteiger partial charge in [-0.15, -0.1) is 0 Å². The minimum Gasteiger partial charge on any atom is -0.508 e. The highest BCUT2D eigenvalue weighted by Gasteiger charge is 2.45. The zero-order chi connectivity index (χ0) is 27.3. The van der Waals surface area contributed by atoms with Gasteiger partial charge in [-0.3, -0.25) is 4.79 Å². The highest BCUT2D eigenvalue weighted by molar-refractivity contribution is 5.83. The van der Waals surface area contributed by atoms with Crippen molar-refractivity contribution in [1.82, 2.24) is 14.9 Å². The summed E-state index contributed by atoms with van der Waals surface area (Å²) < 4.78 is 0. The van der Waals surface area contributed by atoms with E-state index in [9.17, 15) is 9.90 Å². The lowest BCUT2D eigenvalue weighted by atomic mass is 9.72. The molecule has 1 amide bonds. The number of fused-ring (bicyclic) bond motifs is 8. The molecule has 2 heterocycles. The Morgan fingerprint density at radius 3 is 2.52 bits per heavy atom. The number of benzene rings is 2. The standard InChI is InChI=1S/C34H40N4O2/c1-17(2)32(35)34(40)38-13-3-4-27(38)33-36-16-26(37-33)22-9-10-24(31-21-8-7-18(21)15-25(22)31)23-11-12-28(39)30-20-6-5-19(14-20)29(23)30/h9-12,16-21,27,32,39H,3-8,13-15,35H2,1-2H3,(H,36,37). The minimum atomic E-state index is -0.474. The van der Waals surface area contributed by atoms with E-state index >= 15 is 0 Å². The fourth-order valence-corrected chi connectivity index (χ4v) is 8.92. The number of rotatable bonds is 5. The zero-order valence-electron chi connectivity index (χ0n) is 23.6. The van der Waals surface area contributed by atoms with Crippen molar-refractivity contribution in [1.29, 1.82) is 0 Å². The van der Waals surface area contributed by atoms with Crippen LogP contribution in [0.2, 0.25) is 0 Å². The van der Waals surface area contributed by atoms with Gasteiger partial charge in [0.15, 0.2) is 0 Å². The molecular weight excluding hydrogens is 496 g/mol. The minimum absolute atomic E-state index is 0.0346. The number of hydrogen-bond acceptors (Lipinski definition) is 4. The number of carbonyl (C=O) groups excluding carboxylic acids is 1. The van der Waals surface area contributed by atoms with Crippen LogP contribution in [0.3, 0.4) is 0 Å². The molecule has 3 fully saturated rings. The predicted octanol–water partition coefficient (Wildman–Crippen LogP) is 6.51. The second-order valence-electron chi connectivity index (χ2n) is 13.5. The Hall–Kier alpha value is -3.12. The molecule has 0 radical (unpaired) electrons. The van der Waals surface area contributed by atoms with Crippen molar-refractivity contribution in [2.75, 3.05) is 6.54 Å². The lowest BCUT2D eigenvalue weighted by Gasteiger charge is -2.32. The van der Waals surface area contributed by atoms with Crippen molar-refractivity contribution in [3.05, 3.63) is 58.5 Å². The van der Waals surface area contributed by atoms with E-state index in [-0.39, 0.29) is 17.9 Å². The molecule has 8 rings (SSSR count). The highest BCUT2D eigenvalue weighted by Crippen LogP contribution is 2.61. The van der Waals surface area contributed by atoms with Gasteiger partial charge in [-0.2, -0.15) is 0 Å². The second kappa shape index (κ2) is 8.94. The Bertz CT molecular complexity index is 1520. The van der Waals surface area contributed by atoms with Gasteiger partial charge in [0, 0.05) is 17.7 Å². The molecule has 4 aliphatic carbocycles. The molecule has 2 aromatic carbocycles. The smallest absolute Gasteiger partial charge is 0.240 e. The van der Waals surface area contributed by atoms with E-state index in [1.54, 1.807) is 5.56 Å². The third kappa shape index (κ3) is 3.44. The summed E-state index contributed by atoms with van der Waals surface area (Å²) in [5.74, 6) is 4.02. The molecule has 0 spiro atoms. The maximum atomic E-state index is 13.1. The van der Waals surface area contributed by atoms with E-state index < -0.39 is 6.04 Å². The van der Waals surface area contributed by atoms with Crippen LogP contribution >= 0.6 is 0 Å². The van der Waals surface area contributed by atoms with Crippen LogP contribution in [-0.4, -0.2) is 38.5 Å². The SMILES string of the molecule is CC(C)C(N)C(=O)N1CCCC1c1ncc(-c2ccc(-c3ccc(O)c4c3C3CCC4C3)c3c2CC2CCC32)[nH]1. The number of phenolic OH excluding ortho intramolecular Hbond substituents is 1. The number of nitrogens with zero attached hydrogens (tertiary/aromatic N) is 2. The van der Waals surface area contributed by atoms with Crippen LogP contribution in [0.25, 0.3) is 22.4 Å². The number of nitrogens with two attached hydrogens (primary N) is 1. The maximum absolute atomic E-state index is 13.1. The Morgan fingerprint density at radius 1 is 1.00 bits per heavy atom. The summed E-state index contributed by atoms with van der Waals surface area (Å²) in [6.45, 7) is 4.76. The van der Waals surface area contributed by atoms with Gasteiger partial charge in [-0.05, 0) is 115 Å². The number of H-pyrrole nitrogens is 1. The second-order valence-corrected chi connectivity index (χ2v) is 13.5. The van der Waals surface area contributed by atoms with Crippen LogP contribution in [0.15, 0.2) is 30.5 Å². The molecule has 4 N–H and O–H groups in total. The van der Waals surface area contributed by atoms with Crippen LogP contribution < -0.4 is 5.73 Å². The third-order valence-corrected chi connectivity index (χ3v) is 11.2. The number of phenols is 1. The number of carbonyl (C=O) groups is 1. The number of amides is 1. The van der Waals surface area contributed by atoms with Crippen molar-refractivity contribution in [2.45, 2.75) is 95.1 Å². The van der Waals surface area contributed by atoms with Gasteiger partial charge < -0.3 is 20.7 Å². The summed E-state index contributed by atoms with van der Waals surface area (Å²) in [4.78, 5) is 23.6. The number of aromatic nitrogens is 2. The summed E-state index contributed by atoms with van der Waals surface area (Å²) in [5, 5.41) is 10.8. The van der Waals surface area contributed by atoms with Crippen LogP contribution in [0.4, 0.5) is 0 Å². The summed E-state index contributed by atoms with van der Waals surface area (Å²) in [5.41, 5.74) is 17.0. The van der Waals surface area contributed by atoms with Crippen molar-refractivity contribution < 1.29 is 9.90 Å². The average Bonchev–Trinajstić information content (AvgIpc) is 3.76. The zero-order valence-corrected chi connectivity index (χ0v) is 23.6. The molecule has 2 bridgehead atoms. The predicted molar refractivity (Wildman–Crippen MR) is 156 cm³/mol. The Kier molecular flexibility index (Phi) is 5.51. The molecule has 1 aromatic heterocycles. The van der Waals surface area contributed by atoms with E-state index in [1.807, 2.05) is 31.0 Å². The molecule has 6 atom stereocenters. The number of aromatic amines is 1. The molecule has 1 aliphatic heterocycles. The largest absolute Gasteiger partial charge is 0.508 e. The average molecular weight is 537 g/mol. The Labute approximate surface area is 236 Å². The maximum Gasteiger partial charge on any atom is 0.240 e. The van der Waals surface area contributed by atoms with E-state index in [2.05, 4.69) is 23.2 Å². The van der Waals surface area contributed by atoms with Gasteiger partial charge in [-0.25, -0.2) is 4.98 Å². The first-order valence-electron chi connectivity index (χ1n) is 15.5. The van der Waals surface area contributed by atoms with Crippen LogP contribution in [0.1, 0.15) is 111 Å². The van der Waals surface area contributed by atoms with E-state index in [4.69, 9.17) is 10.7 Å². The number of likely N-dealkylation sites (tertiary alicyclic amines) is 1. The number of hydrogen-bond donors (Lipinski definition) is 3. The van der Waals surface area contributed by atoms with Gasteiger partial charge in [0.2, 0.25) is 5.91 Å². The van der Waals surface area contributed by atoms with E-state index in [1.165, 1.54) is 65.5 Å². The summed E-state index contributed by atoms with van der Waals surface area (Å²) >= 11 is 0. The molecule has 5 aliphatic rings. The van der Waals surface area contributed by atoms with E-state index in [0.717, 1.165) is 43.2 Å². The molecule has 1 saturated heterocycles. The normalized spacial score (nSPS) is 28.5. The van der Waals surface area contributed by atoms with Crippen molar-refractivity contribution in [2.24, 2.45) is 17.6 Å². The first-order valence-corrected chi connectivity index (χ1v) is 15.5. The first-order chi connectivity index (χ1) is 19.4. The van der Waals surface area contributed by atoms with Crippen molar-refractivity contribution >= 4 is 5.91 Å². The lowest BCUT2D eigenvalue weighted by Crippen LogP contribution is -2.46.